The van der Waals surface area contributed by atoms with Crippen molar-refractivity contribution in [2.75, 3.05) is 17.7 Å². The normalized spacial score (nSPS) is 10.7. The van der Waals surface area contributed by atoms with Crippen molar-refractivity contribution in [1.82, 2.24) is 9.55 Å². The van der Waals surface area contributed by atoms with Gasteiger partial charge < -0.3 is 19.9 Å². The molecule has 1 aromatic heterocycles. The van der Waals surface area contributed by atoms with Crippen molar-refractivity contribution in [2.45, 2.75) is 13.1 Å². The number of nitrogens with zero attached hydrogens (tertiary/aromatic N) is 2. The number of fused-ring (bicyclic) bond motifs is 1. The lowest BCUT2D eigenvalue weighted by Crippen LogP contribution is -2.20. The number of rotatable bonds is 7. The molecule has 0 unspecified atom stereocenters. The summed E-state index contributed by atoms with van der Waals surface area (Å²) in [6.45, 7) is 0.774. The van der Waals surface area contributed by atoms with Gasteiger partial charge >= 0.3 is 0 Å². The molecule has 1 heterocycles. The number of amides is 1. The van der Waals surface area contributed by atoms with Gasteiger partial charge in [-0.25, -0.2) is 4.98 Å². The Labute approximate surface area is 169 Å². The molecule has 6 nitrogen and oxygen atoms in total. The fourth-order valence-electron chi connectivity index (χ4n) is 3.19. The van der Waals surface area contributed by atoms with Gasteiger partial charge in [0.25, 0.3) is 0 Å². The number of aromatic nitrogens is 2. The molecule has 0 atom stereocenters. The molecule has 146 valence electrons. The smallest absolute Gasteiger partial charge is 0.244 e. The third-order valence-corrected chi connectivity index (χ3v) is 4.60. The van der Waals surface area contributed by atoms with Crippen LogP contribution in [0.3, 0.4) is 0 Å². The predicted molar refractivity (Wildman–Crippen MR) is 115 cm³/mol. The van der Waals surface area contributed by atoms with Crippen molar-refractivity contribution >= 4 is 28.6 Å². The van der Waals surface area contributed by atoms with Gasteiger partial charge in [0.1, 0.15) is 12.3 Å². The van der Waals surface area contributed by atoms with E-state index in [0.29, 0.717) is 23.9 Å². The van der Waals surface area contributed by atoms with Gasteiger partial charge in [0.15, 0.2) is 0 Å². The fraction of sp³-hybridized carbons (Fsp3) is 0.130. The van der Waals surface area contributed by atoms with Gasteiger partial charge in [0, 0.05) is 18.3 Å². The van der Waals surface area contributed by atoms with Crippen molar-refractivity contribution in [2.24, 2.45) is 0 Å². The average molecular weight is 386 g/mol. The number of anilines is 2. The molecule has 0 bridgehead atoms. The van der Waals surface area contributed by atoms with E-state index >= 15 is 0 Å². The maximum Gasteiger partial charge on any atom is 0.244 e. The summed E-state index contributed by atoms with van der Waals surface area (Å²) in [5.74, 6) is 1.22. The summed E-state index contributed by atoms with van der Waals surface area (Å²) in [4.78, 5) is 17.4. The molecule has 0 aliphatic rings. The molecule has 0 fully saturated rings. The molecule has 0 aliphatic heterocycles. The van der Waals surface area contributed by atoms with Crippen LogP contribution in [0.1, 0.15) is 5.56 Å². The maximum absolute atomic E-state index is 12.7. The fourth-order valence-corrected chi connectivity index (χ4v) is 3.19. The van der Waals surface area contributed by atoms with Gasteiger partial charge in [-0.1, -0.05) is 48.5 Å². The second-order valence-electron chi connectivity index (χ2n) is 6.63. The molecule has 1 amide bonds. The van der Waals surface area contributed by atoms with Gasteiger partial charge in [0.2, 0.25) is 11.9 Å². The first kappa shape index (κ1) is 18.6. The second kappa shape index (κ2) is 8.48. The van der Waals surface area contributed by atoms with Crippen LogP contribution < -0.4 is 15.4 Å². The second-order valence-corrected chi connectivity index (χ2v) is 6.63. The summed E-state index contributed by atoms with van der Waals surface area (Å²) in [6, 6.07) is 25.2. The highest BCUT2D eigenvalue weighted by Crippen LogP contribution is 2.21. The van der Waals surface area contributed by atoms with Crippen LogP contribution in [0, 0.1) is 0 Å². The highest BCUT2D eigenvalue weighted by atomic mass is 16.5. The summed E-state index contributed by atoms with van der Waals surface area (Å²) in [5, 5.41) is 6.28. The lowest BCUT2D eigenvalue weighted by Gasteiger charge is -2.12. The minimum absolute atomic E-state index is 0.135. The average Bonchev–Trinajstić information content (AvgIpc) is 3.10. The monoisotopic (exact) mass is 386 g/mol. The summed E-state index contributed by atoms with van der Waals surface area (Å²) in [5.41, 5.74) is 3.59. The number of benzene rings is 3. The summed E-state index contributed by atoms with van der Waals surface area (Å²) < 4.78 is 7.11. The minimum Gasteiger partial charge on any atom is -0.497 e. The predicted octanol–water partition coefficient (Wildman–Crippen LogP) is 4.30. The Kier molecular flexibility index (Phi) is 5.42. The summed E-state index contributed by atoms with van der Waals surface area (Å²) in [6.07, 6.45) is 0. The molecule has 0 saturated carbocycles. The van der Waals surface area contributed by atoms with Gasteiger partial charge in [-0.05, 0) is 29.8 Å². The van der Waals surface area contributed by atoms with Crippen LogP contribution in [0.5, 0.6) is 5.75 Å². The van der Waals surface area contributed by atoms with Gasteiger partial charge in [-0.3, -0.25) is 4.79 Å². The number of hydrogen-bond acceptors (Lipinski definition) is 4. The van der Waals surface area contributed by atoms with Crippen LogP contribution in [0.25, 0.3) is 11.0 Å². The number of carbonyl (C=O) groups excluding carboxylic acids is 1. The number of ether oxygens (including phenoxy) is 1. The topological polar surface area (TPSA) is 68.2 Å². The molecule has 0 spiro atoms. The SMILES string of the molecule is COc1cccc(NC(=O)Cn2c(NCc3ccccc3)nc3ccccc32)c1. The third kappa shape index (κ3) is 4.38. The van der Waals surface area contributed by atoms with Crippen LogP contribution >= 0.6 is 0 Å². The zero-order chi connectivity index (χ0) is 20.1. The van der Waals surface area contributed by atoms with E-state index in [0.717, 1.165) is 16.6 Å². The van der Waals surface area contributed by atoms with E-state index < -0.39 is 0 Å². The molecule has 6 heteroatoms. The van der Waals surface area contributed by atoms with E-state index in [2.05, 4.69) is 27.8 Å². The zero-order valence-corrected chi connectivity index (χ0v) is 16.1. The zero-order valence-electron chi connectivity index (χ0n) is 16.1. The van der Waals surface area contributed by atoms with E-state index in [-0.39, 0.29) is 12.5 Å². The first-order valence-corrected chi connectivity index (χ1v) is 9.40. The lowest BCUT2D eigenvalue weighted by molar-refractivity contribution is -0.116. The van der Waals surface area contributed by atoms with Crippen molar-refractivity contribution < 1.29 is 9.53 Å². The first-order chi connectivity index (χ1) is 14.2. The quantitative estimate of drug-likeness (QED) is 0.497. The van der Waals surface area contributed by atoms with Gasteiger partial charge in [-0.2, -0.15) is 0 Å². The number of hydrogen-bond donors (Lipinski definition) is 2. The summed E-state index contributed by atoms with van der Waals surface area (Å²) >= 11 is 0. The van der Waals surface area contributed by atoms with Crippen LogP contribution in [0.4, 0.5) is 11.6 Å². The minimum atomic E-state index is -0.135. The third-order valence-electron chi connectivity index (χ3n) is 4.60. The van der Waals surface area contributed by atoms with E-state index in [4.69, 9.17) is 4.74 Å². The van der Waals surface area contributed by atoms with Crippen molar-refractivity contribution in [3.05, 3.63) is 84.4 Å². The van der Waals surface area contributed by atoms with Crippen LogP contribution in [0.15, 0.2) is 78.9 Å². The van der Waals surface area contributed by atoms with Crippen molar-refractivity contribution in [3.8, 4) is 5.75 Å². The molecule has 29 heavy (non-hydrogen) atoms. The Hall–Kier alpha value is -3.80. The highest BCUT2D eigenvalue weighted by molar-refractivity contribution is 5.92. The molecule has 0 aliphatic carbocycles. The molecule has 4 aromatic rings. The van der Waals surface area contributed by atoms with Crippen molar-refractivity contribution in [1.29, 1.82) is 0 Å². The molecule has 3 aromatic carbocycles. The summed E-state index contributed by atoms with van der Waals surface area (Å²) in [7, 11) is 1.60. The van der Waals surface area contributed by atoms with Gasteiger partial charge in [0.05, 0.1) is 18.1 Å². The number of para-hydroxylation sites is 2. The molecule has 0 radical (unpaired) electrons. The number of methoxy groups -OCH3 is 1. The van der Waals surface area contributed by atoms with E-state index in [1.54, 1.807) is 13.2 Å². The van der Waals surface area contributed by atoms with Crippen LogP contribution in [0.2, 0.25) is 0 Å². The largest absolute Gasteiger partial charge is 0.497 e. The van der Waals surface area contributed by atoms with E-state index in [9.17, 15) is 4.79 Å². The standard InChI is InChI=1S/C23H22N4O2/c1-29-19-11-7-10-18(14-19)25-22(28)16-27-21-13-6-5-12-20(21)26-23(27)24-15-17-8-3-2-4-9-17/h2-14H,15-16H2,1H3,(H,24,26)(H,25,28). The Bertz CT molecular complexity index is 1120. The molecular weight excluding hydrogens is 364 g/mol. The van der Waals surface area contributed by atoms with Crippen molar-refractivity contribution in [3.63, 3.8) is 0 Å². The van der Waals surface area contributed by atoms with Crippen LogP contribution in [-0.4, -0.2) is 22.6 Å². The lowest BCUT2D eigenvalue weighted by atomic mass is 10.2. The highest BCUT2D eigenvalue weighted by Gasteiger charge is 2.14. The van der Waals surface area contributed by atoms with E-state index in [1.165, 1.54) is 0 Å². The number of nitrogens with one attached hydrogen (secondary N) is 2. The van der Waals surface area contributed by atoms with Crippen LogP contribution in [-0.2, 0) is 17.9 Å². The first-order valence-electron chi connectivity index (χ1n) is 9.40. The Balaban J connectivity index is 1.55. The molecule has 2 N–H and O–H groups in total. The Morgan fingerprint density at radius 2 is 1.79 bits per heavy atom. The molecular formula is C23H22N4O2. The van der Waals surface area contributed by atoms with Gasteiger partial charge in [-0.15, -0.1) is 0 Å². The Morgan fingerprint density at radius 1 is 1.00 bits per heavy atom. The van der Waals surface area contributed by atoms with E-state index in [1.807, 2.05) is 65.2 Å². The number of carbonyl (C=O) groups is 1. The molecule has 4 rings (SSSR count). The number of imidazole rings is 1. The Morgan fingerprint density at radius 3 is 2.62 bits per heavy atom. The molecule has 0 saturated heterocycles. The maximum atomic E-state index is 12.7.